The van der Waals surface area contributed by atoms with Crippen LogP contribution in [0, 0.1) is 11.3 Å². The fourth-order valence-corrected chi connectivity index (χ4v) is 2.75. The highest BCUT2D eigenvalue weighted by Gasteiger charge is 2.23. The summed E-state index contributed by atoms with van der Waals surface area (Å²) in [4.78, 5) is 0.617. The lowest BCUT2D eigenvalue weighted by Gasteiger charge is -2.29. The average molecular weight is 271 g/mol. The molecule has 0 bridgehead atoms. The van der Waals surface area contributed by atoms with Crippen LogP contribution >= 0.6 is 12.2 Å². The predicted octanol–water partition coefficient (Wildman–Crippen LogP) is 4.06. The highest BCUT2D eigenvalue weighted by molar-refractivity contribution is 7.80. The van der Waals surface area contributed by atoms with E-state index in [1.807, 2.05) is 0 Å². The second-order valence-corrected chi connectivity index (χ2v) is 6.73. The molecule has 0 radical (unpaired) electrons. The van der Waals surface area contributed by atoms with E-state index in [4.69, 9.17) is 22.7 Å². The zero-order chi connectivity index (χ0) is 13.6. The Morgan fingerprint density at radius 1 is 1.39 bits per heavy atom. The third kappa shape index (κ3) is 5.23. The smallest absolute Gasteiger partial charge is 0.0784 e. The van der Waals surface area contributed by atoms with Gasteiger partial charge in [0, 0.05) is 12.0 Å². The first-order valence-corrected chi connectivity index (χ1v) is 7.78. The van der Waals surface area contributed by atoms with Crippen LogP contribution in [0.5, 0.6) is 0 Å². The normalized spacial score (nSPS) is 25.1. The molecule has 1 saturated carbocycles. The van der Waals surface area contributed by atoms with E-state index in [9.17, 15) is 0 Å². The van der Waals surface area contributed by atoms with Gasteiger partial charge in [-0.1, -0.05) is 52.3 Å². The van der Waals surface area contributed by atoms with Gasteiger partial charge < -0.3 is 10.5 Å². The van der Waals surface area contributed by atoms with Gasteiger partial charge in [0.25, 0.3) is 0 Å². The Hall–Kier alpha value is -0.150. The van der Waals surface area contributed by atoms with Crippen molar-refractivity contribution in [2.24, 2.45) is 17.1 Å². The maximum Gasteiger partial charge on any atom is 0.0784 e. The van der Waals surface area contributed by atoms with Gasteiger partial charge in [0.2, 0.25) is 0 Å². The Morgan fingerprint density at radius 3 is 2.72 bits per heavy atom. The summed E-state index contributed by atoms with van der Waals surface area (Å²) >= 11 is 5.07. The summed E-state index contributed by atoms with van der Waals surface area (Å²) in [6.45, 7) is 7.37. The summed E-state index contributed by atoms with van der Waals surface area (Å²) in [7, 11) is 0. The molecule has 0 aromatic heterocycles. The minimum Gasteiger partial charge on any atom is -0.393 e. The molecule has 106 valence electrons. The maximum atomic E-state index is 6.01. The molecular formula is C15H29NOS. The second kappa shape index (κ2) is 7.44. The highest BCUT2D eigenvalue weighted by atomic mass is 32.1. The largest absolute Gasteiger partial charge is 0.393 e. The molecule has 2 unspecified atom stereocenters. The van der Waals surface area contributed by atoms with Crippen molar-refractivity contribution in [1.82, 2.24) is 0 Å². The number of rotatable bonds is 7. The first-order valence-electron chi connectivity index (χ1n) is 7.37. The van der Waals surface area contributed by atoms with E-state index in [1.54, 1.807) is 0 Å². The van der Waals surface area contributed by atoms with Crippen LogP contribution < -0.4 is 5.73 Å². The molecule has 1 fully saturated rings. The quantitative estimate of drug-likeness (QED) is 0.560. The fourth-order valence-electron chi connectivity index (χ4n) is 2.65. The van der Waals surface area contributed by atoms with Crippen LogP contribution in [0.4, 0.5) is 0 Å². The number of hydrogen-bond donors (Lipinski definition) is 1. The summed E-state index contributed by atoms with van der Waals surface area (Å²) in [5.41, 5.74) is 5.69. The number of ether oxygens (including phenoxy) is 1. The van der Waals surface area contributed by atoms with Gasteiger partial charge in [-0.2, -0.15) is 0 Å². The average Bonchev–Trinajstić information content (AvgIpc) is 2.35. The van der Waals surface area contributed by atoms with E-state index in [-0.39, 0.29) is 5.41 Å². The summed E-state index contributed by atoms with van der Waals surface area (Å²) in [6, 6.07) is 0. The monoisotopic (exact) mass is 271 g/mol. The minimum absolute atomic E-state index is 0.0305. The van der Waals surface area contributed by atoms with Crippen molar-refractivity contribution in [3.8, 4) is 0 Å². The zero-order valence-electron chi connectivity index (χ0n) is 12.2. The van der Waals surface area contributed by atoms with Gasteiger partial charge in [-0.25, -0.2) is 0 Å². The van der Waals surface area contributed by atoms with Gasteiger partial charge >= 0.3 is 0 Å². The summed E-state index contributed by atoms with van der Waals surface area (Å²) in [6.07, 6.45) is 9.10. The van der Waals surface area contributed by atoms with Gasteiger partial charge in [0.15, 0.2) is 0 Å². The molecule has 1 aliphatic carbocycles. The van der Waals surface area contributed by atoms with Crippen molar-refractivity contribution in [3.05, 3.63) is 0 Å². The third-order valence-corrected chi connectivity index (χ3v) is 4.83. The standard InChI is InChI=1S/C15H29NOS/c1-4-12-7-5-8-13(11-12)17-10-6-9-15(2,3)14(16)18/h12-13H,4-11H2,1-3H3,(H2,16,18). The van der Waals surface area contributed by atoms with Crippen LogP contribution in [0.2, 0.25) is 0 Å². The Morgan fingerprint density at radius 2 is 2.11 bits per heavy atom. The molecule has 0 amide bonds. The first-order chi connectivity index (χ1) is 8.45. The molecule has 0 heterocycles. The number of thiocarbonyl (C=S) groups is 1. The molecule has 3 heteroatoms. The molecular weight excluding hydrogens is 242 g/mol. The van der Waals surface area contributed by atoms with E-state index in [0.29, 0.717) is 11.1 Å². The molecule has 0 saturated heterocycles. The van der Waals surface area contributed by atoms with Crippen molar-refractivity contribution in [2.45, 2.75) is 71.8 Å². The van der Waals surface area contributed by atoms with E-state index >= 15 is 0 Å². The minimum atomic E-state index is -0.0305. The third-order valence-electron chi connectivity index (χ3n) is 4.28. The highest BCUT2D eigenvalue weighted by Crippen LogP contribution is 2.29. The maximum absolute atomic E-state index is 6.01. The van der Waals surface area contributed by atoms with Gasteiger partial charge in [0.05, 0.1) is 11.1 Å². The Bertz CT molecular complexity index is 265. The molecule has 1 rings (SSSR count). The Balaban J connectivity index is 2.16. The van der Waals surface area contributed by atoms with Crippen molar-refractivity contribution < 1.29 is 4.74 Å². The topological polar surface area (TPSA) is 35.2 Å². The first kappa shape index (κ1) is 15.9. The van der Waals surface area contributed by atoms with Gasteiger partial charge in [-0.05, 0) is 31.6 Å². The molecule has 0 aromatic rings. The van der Waals surface area contributed by atoms with E-state index < -0.39 is 0 Å². The Kier molecular flexibility index (Phi) is 6.58. The molecule has 18 heavy (non-hydrogen) atoms. The van der Waals surface area contributed by atoms with Gasteiger partial charge in [-0.15, -0.1) is 0 Å². The van der Waals surface area contributed by atoms with Crippen molar-refractivity contribution >= 4 is 17.2 Å². The van der Waals surface area contributed by atoms with Crippen molar-refractivity contribution in [1.29, 1.82) is 0 Å². The van der Waals surface area contributed by atoms with Crippen LogP contribution in [0.25, 0.3) is 0 Å². The van der Waals surface area contributed by atoms with E-state index in [1.165, 1.54) is 32.1 Å². The summed E-state index contributed by atoms with van der Waals surface area (Å²) in [5, 5.41) is 0. The summed E-state index contributed by atoms with van der Waals surface area (Å²) < 4.78 is 6.01. The molecule has 2 N–H and O–H groups in total. The van der Waals surface area contributed by atoms with Crippen LogP contribution in [0.3, 0.4) is 0 Å². The molecule has 0 aliphatic heterocycles. The number of hydrogen-bond acceptors (Lipinski definition) is 2. The Labute approximate surface area is 118 Å². The molecule has 0 spiro atoms. The van der Waals surface area contributed by atoms with Crippen molar-refractivity contribution in [3.63, 3.8) is 0 Å². The molecule has 2 nitrogen and oxygen atoms in total. The van der Waals surface area contributed by atoms with Gasteiger partial charge in [-0.3, -0.25) is 0 Å². The zero-order valence-corrected chi connectivity index (χ0v) is 13.0. The molecule has 1 aliphatic rings. The predicted molar refractivity (Wildman–Crippen MR) is 81.8 cm³/mol. The summed E-state index contributed by atoms with van der Waals surface area (Å²) in [5.74, 6) is 0.886. The molecule has 2 atom stereocenters. The van der Waals surface area contributed by atoms with E-state index in [2.05, 4.69) is 20.8 Å². The van der Waals surface area contributed by atoms with Crippen molar-refractivity contribution in [2.75, 3.05) is 6.61 Å². The van der Waals surface area contributed by atoms with Crippen LogP contribution in [0.15, 0.2) is 0 Å². The van der Waals surface area contributed by atoms with Gasteiger partial charge in [0.1, 0.15) is 0 Å². The second-order valence-electron chi connectivity index (χ2n) is 6.29. The lowest BCUT2D eigenvalue weighted by molar-refractivity contribution is 0.00916. The van der Waals surface area contributed by atoms with Crippen LogP contribution in [-0.4, -0.2) is 17.7 Å². The SMILES string of the molecule is CCC1CCCC(OCCCC(C)(C)C(N)=S)C1. The number of nitrogens with two attached hydrogens (primary N) is 1. The lowest BCUT2D eigenvalue weighted by Crippen LogP contribution is -2.30. The fraction of sp³-hybridized carbons (Fsp3) is 0.933. The lowest BCUT2D eigenvalue weighted by atomic mass is 9.85. The van der Waals surface area contributed by atoms with Crippen LogP contribution in [0.1, 0.15) is 65.7 Å². The van der Waals surface area contributed by atoms with Crippen LogP contribution in [-0.2, 0) is 4.74 Å². The van der Waals surface area contributed by atoms with E-state index in [0.717, 1.165) is 25.4 Å². The molecule has 0 aromatic carbocycles.